The highest BCUT2D eigenvalue weighted by molar-refractivity contribution is 6.06. The third-order valence-corrected chi connectivity index (χ3v) is 3.65. The maximum absolute atomic E-state index is 12.4. The lowest BCUT2D eigenvalue weighted by atomic mass is 10.1. The maximum Gasteiger partial charge on any atom is 0.250 e. The first kappa shape index (κ1) is 15.4. The Labute approximate surface area is 125 Å². The first-order valence-corrected chi connectivity index (χ1v) is 7.42. The Bertz CT molecular complexity index is 530. The molecule has 2 rings (SSSR count). The van der Waals surface area contributed by atoms with Crippen molar-refractivity contribution in [3.63, 3.8) is 0 Å². The second kappa shape index (κ2) is 6.61. The van der Waals surface area contributed by atoms with Crippen LogP contribution in [0.2, 0.25) is 0 Å². The number of nitrogens with zero attached hydrogens (tertiary/aromatic N) is 1. The van der Waals surface area contributed by atoms with Crippen molar-refractivity contribution in [2.24, 2.45) is 0 Å². The van der Waals surface area contributed by atoms with E-state index in [1.165, 1.54) is 4.90 Å². The molecule has 2 atom stereocenters. The molecule has 1 aromatic carbocycles. The van der Waals surface area contributed by atoms with Gasteiger partial charge in [-0.1, -0.05) is 19.9 Å². The van der Waals surface area contributed by atoms with Gasteiger partial charge in [0.1, 0.15) is 18.3 Å². The summed E-state index contributed by atoms with van der Waals surface area (Å²) in [6.45, 7) is 6.00. The molecule has 1 aliphatic rings. The van der Waals surface area contributed by atoms with Gasteiger partial charge in [-0.2, -0.15) is 0 Å². The van der Waals surface area contributed by atoms with Crippen LogP contribution in [0.3, 0.4) is 0 Å². The van der Waals surface area contributed by atoms with Gasteiger partial charge in [0.15, 0.2) is 0 Å². The first-order chi connectivity index (χ1) is 10.0. The molecule has 2 amide bonds. The molecule has 1 aromatic rings. The molecule has 5 nitrogen and oxygen atoms in total. The summed E-state index contributed by atoms with van der Waals surface area (Å²) < 4.78 is 5.77. The summed E-state index contributed by atoms with van der Waals surface area (Å²) >= 11 is 0. The summed E-state index contributed by atoms with van der Waals surface area (Å²) in [4.78, 5) is 25.6. The van der Waals surface area contributed by atoms with Gasteiger partial charge in [-0.25, -0.2) is 0 Å². The Morgan fingerprint density at radius 3 is 2.81 bits per heavy atom. The first-order valence-electron chi connectivity index (χ1n) is 7.42. The highest BCUT2D eigenvalue weighted by Crippen LogP contribution is 2.24. The highest BCUT2D eigenvalue weighted by atomic mass is 16.5. The van der Waals surface area contributed by atoms with Crippen LogP contribution in [0.25, 0.3) is 0 Å². The normalized spacial score (nSPS) is 20.1. The van der Waals surface area contributed by atoms with Gasteiger partial charge in [0.05, 0.1) is 6.10 Å². The number of carbonyl (C=O) groups excluding carboxylic acids is 2. The number of hydrogen-bond acceptors (Lipinski definition) is 3. The molecule has 0 bridgehead atoms. The SMILES string of the molecule is CCC(C)Oc1cccc(N2CC(=O)NC(CC)C2=O)c1. The Kier molecular flexibility index (Phi) is 4.83. The Morgan fingerprint density at radius 2 is 2.14 bits per heavy atom. The van der Waals surface area contributed by atoms with Gasteiger partial charge in [-0.15, -0.1) is 0 Å². The van der Waals surface area contributed by atoms with Gasteiger partial charge in [0, 0.05) is 11.8 Å². The van der Waals surface area contributed by atoms with Gasteiger partial charge in [-0.05, 0) is 31.9 Å². The zero-order valence-corrected chi connectivity index (χ0v) is 12.8. The van der Waals surface area contributed by atoms with Crippen LogP contribution in [-0.4, -0.2) is 30.5 Å². The lowest BCUT2D eigenvalue weighted by molar-refractivity contribution is -0.131. The van der Waals surface area contributed by atoms with Crippen molar-refractivity contribution in [2.45, 2.75) is 45.8 Å². The van der Waals surface area contributed by atoms with Crippen molar-refractivity contribution >= 4 is 17.5 Å². The van der Waals surface area contributed by atoms with Gasteiger partial charge < -0.3 is 15.0 Å². The molecule has 114 valence electrons. The standard InChI is InChI=1S/C16H22N2O3/c1-4-11(3)21-13-8-6-7-12(9-13)18-10-15(19)17-14(5-2)16(18)20/h6-9,11,14H,4-5,10H2,1-3H3,(H,17,19). The van der Waals surface area contributed by atoms with Crippen molar-refractivity contribution in [1.82, 2.24) is 5.32 Å². The molecule has 5 heteroatoms. The van der Waals surface area contributed by atoms with E-state index in [0.29, 0.717) is 17.9 Å². The Balaban J connectivity index is 2.22. The summed E-state index contributed by atoms with van der Waals surface area (Å²) in [5, 5.41) is 2.71. The van der Waals surface area contributed by atoms with Crippen LogP contribution in [0.15, 0.2) is 24.3 Å². The lowest BCUT2D eigenvalue weighted by Crippen LogP contribution is -2.58. The minimum atomic E-state index is -0.439. The molecule has 0 saturated carbocycles. The zero-order valence-electron chi connectivity index (χ0n) is 12.8. The van der Waals surface area contributed by atoms with E-state index >= 15 is 0 Å². The third-order valence-electron chi connectivity index (χ3n) is 3.65. The summed E-state index contributed by atoms with van der Waals surface area (Å²) in [5.41, 5.74) is 0.703. The number of carbonyl (C=O) groups is 2. The molecule has 1 saturated heterocycles. The quantitative estimate of drug-likeness (QED) is 0.903. The van der Waals surface area contributed by atoms with Gasteiger partial charge in [0.25, 0.3) is 0 Å². The second-order valence-electron chi connectivity index (χ2n) is 5.29. The van der Waals surface area contributed by atoms with Gasteiger partial charge >= 0.3 is 0 Å². The zero-order chi connectivity index (χ0) is 15.4. The van der Waals surface area contributed by atoms with Crippen molar-refractivity contribution < 1.29 is 14.3 Å². The topological polar surface area (TPSA) is 58.6 Å². The molecular weight excluding hydrogens is 268 g/mol. The number of piperazine rings is 1. The molecular formula is C16H22N2O3. The van der Waals surface area contributed by atoms with Crippen LogP contribution in [0, 0.1) is 0 Å². The fourth-order valence-corrected chi connectivity index (χ4v) is 2.25. The van der Waals surface area contributed by atoms with E-state index < -0.39 is 6.04 Å². The van der Waals surface area contributed by atoms with Crippen molar-refractivity contribution in [3.8, 4) is 5.75 Å². The fourth-order valence-electron chi connectivity index (χ4n) is 2.25. The molecule has 1 aliphatic heterocycles. The number of ether oxygens (including phenoxy) is 1. The van der Waals surface area contributed by atoms with Crippen molar-refractivity contribution in [3.05, 3.63) is 24.3 Å². The molecule has 0 aromatic heterocycles. The smallest absolute Gasteiger partial charge is 0.250 e. The van der Waals surface area contributed by atoms with E-state index in [4.69, 9.17) is 4.74 Å². The lowest BCUT2D eigenvalue weighted by Gasteiger charge is -2.32. The Hall–Kier alpha value is -2.04. The van der Waals surface area contributed by atoms with E-state index in [2.05, 4.69) is 12.2 Å². The molecule has 0 spiro atoms. The summed E-state index contributed by atoms with van der Waals surface area (Å²) in [5.74, 6) is 0.515. The molecule has 0 aliphatic carbocycles. The van der Waals surface area contributed by atoms with E-state index in [1.54, 1.807) is 0 Å². The van der Waals surface area contributed by atoms with Crippen LogP contribution in [-0.2, 0) is 9.59 Å². The van der Waals surface area contributed by atoms with Crippen LogP contribution in [0.1, 0.15) is 33.6 Å². The monoisotopic (exact) mass is 290 g/mol. The largest absolute Gasteiger partial charge is 0.491 e. The van der Waals surface area contributed by atoms with Gasteiger partial charge in [0.2, 0.25) is 11.8 Å². The number of nitrogens with one attached hydrogen (secondary N) is 1. The van der Waals surface area contributed by atoms with E-state index in [-0.39, 0.29) is 24.5 Å². The fraction of sp³-hybridized carbons (Fsp3) is 0.500. The number of rotatable bonds is 5. The third kappa shape index (κ3) is 3.54. The number of hydrogen-bond donors (Lipinski definition) is 1. The van der Waals surface area contributed by atoms with E-state index in [1.807, 2.05) is 38.1 Å². The minimum absolute atomic E-state index is 0.0577. The number of benzene rings is 1. The average molecular weight is 290 g/mol. The van der Waals surface area contributed by atoms with Gasteiger partial charge in [-0.3, -0.25) is 9.59 Å². The summed E-state index contributed by atoms with van der Waals surface area (Å²) in [6, 6.07) is 6.91. The summed E-state index contributed by atoms with van der Waals surface area (Å²) in [7, 11) is 0. The molecule has 2 unspecified atom stereocenters. The highest BCUT2D eigenvalue weighted by Gasteiger charge is 2.32. The predicted molar refractivity (Wildman–Crippen MR) is 81.4 cm³/mol. The number of anilines is 1. The molecule has 1 N–H and O–H groups in total. The molecule has 1 fully saturated rings. The predicted octanol–water partition coefficient (Wildman–Crippen LogP) is 2.11. The molecule has 1 heterocycles. The minimum Gasteiger partial charge on any atom is -0.491 e. The van der Waals surface area contributed by atoms with E-state index in [9.17, 15) is 9.59 Å². The summed E-state index contributed by atoms with van der Waals surface area (Å²) in [6.07, 6.45) is 1.61. The van der Waals surface area contributed by atoms with Crippen LogP contribution < -0.4 is 15.0 Å². The van der Waals surface area contributed by atoms with Crippen molar-refractivity contribution in [1.29, 1.82) is 0 Å². The average Bonchev–Trinajstić information content (AvgIpc) is 2.49. The Morgan fingerprint density at radius 1 is 1.38 bits per heavy atom. The molecule has 0 radical (unpaired) electrons. The van der Waals surface area contributed by atoms with Crippen LogP contribution in [0.4, 0.5) is 5.69 Å². The second-order valence-corrected chi connectivity index (χ2v) is 5.29. The van der Waals surface area contributed by atoms with Crippen LogP contribution >= 0.6 is 0 Å². The van der Waals surface area contributed by atoms with Crippen LogP contribution in [0.5, 0.6) is 5.75 Å². The van der Waals surface area contributed by atoms with Crippen molar-refractivity contribution in [2.75, 3.05) is 11.4 Å². The van der Waals surface area contributed by atoms with E-state index in [0.717, 1.165) is 6.42 Å². The maximum atomic E-state index is 12.4. The number of amides is 2. The molecule has 21 heavy (non-hydrogen) atoms.